The molecule has 0 aromatic heterocycles. The first kappa shape index (κ1) is 15.3. The Labute approximate surface area is 121 Å². The highest BCUT2D eigenvalue weighted by Gasteiger charge is 2.17. The van der Waals surface area contributed by atoms with Crippen LogP contribution < -0.4 is 16.0 Å². The summed E-state index contributed by atoms with van der Waals surface area (Å²) < 4.78 is 11.2. The summed E-state index contributed by atoms with van der Waals surface area (Å²) in [5.41, 5.74) is 4.11. The van der Waals surface area contributed by atoms with Crippen LogP contribution in [0.4, 0.5) is 0 Å². The first-order valence-corrected chi connectivity index (χ1v) is 7.64. The fraction of sp³-hybridized carbons (Fsp3) is 0.625. The summed E-state index contributed by atoms with van der Waals surface area (Å²) in [5, 5.41) is 0. The lowest BCUT2D eigenvalue weighted by Crippen LogP contribution is -2.29. The first-order valence-electron chi connectivity index (χ1n) is 7.64. The van der Waals surface area contributed by atoms with E-state index in [-0.39, 0.29) is 6.04 Å². The van der Waals surface area contributed by atoms with Gasteiger partial charge in [-0.1, -0.05) is 12.1 Å². The van der Waals surface area contributed by atoms with Crippen molar-refractivity contribution in [3.63, 3.8) is 0 Å². The van der Waals surface area contributed by atoms with E-state index in [1.165, 1.54) is 24.8 Å². The fourth-order valence-electron chi connectivity index (χ4n) is 2.70. The van der Waals surface area contributed by atoms with E-state index in [9.17, 15) is 0 Å². The number of nitrogens with two attached hydrogens (primary N) is 1. The number of rotatable bonds is 7. The maximum absolute atomic E-state index is 5.77. The van der Waals surface area contributed by atoms with E-state index in [1.54, 1.807) is 0 Å². The van der Waals surface area contributed by atoms with Crippen molar-refractivity contribution in [2.24, 2.45) is 5.84 Å². The molecular weight excluding hydrogens is 252 g/mol. The van der Waals surface area contributed by atoms with Crippen molar-refractivity contribution in [2.75, 3.05) is 13.2 Å². The molecule has 0 bridgehead atoms. The number of hydrogen-bond donors (Lipinski definition) is 2. The number of nitrogens with one attached hydrogen (secondary N) is 1. The average molecular weight is 278 g/mol. The summed E-state index contributed by atoms with van der Waals surface area (Å²) >= 11 is 0. The lowest BCUT2D eigenvalue weighted by Gasteiger charge is -2.25. The summed E-state index contributed by atoms with van der Waals surface area (Å²) in [6, 6.07) is 8.34. The maximum atomic E-state index is 5.77. The number of benzene rings is 1. The zero-order chi connectivity index (χ0) is 14.2. The molecule has 2 atom stereocenters. The van der Waals surface area contributed by atoms with Gasteiger partial charge in [0.1, 0.15) is 5.75 Å². The van der Waals surface area contributed by atoms with E-state index in [4.69, 9.17) is 15.3 Å². The standard InChI is InChI=1S/C16H26N2O2/c1-2-19-15-8-6-13(7-9-15)16(18-17)11-10-14-5-3-4-12-20-14/h6-9,14,16,18H,2-5,10-12,17H2,1H3. The van der Waals surface area contributed by atoms with Crippen LogP contribution in [0.1, 0.15) is 50.6 Å². The first-order chi connectivity index (χ1) is 9.83. The molecule has 20 heavy (non-hydrogen) atoms. The number of ether oxygens (including phenoxy) is 2. The van der Waals surface area contributed by atoms with Gasteiger partial charge in [0, 0.05) is 12.6 Å². The van der Waals surface area contributed by atoms with E-state index in [1.807, 2.05) is 19.1 Å². The highest BCUT2D eigenvalue weighted by atomic mass is 16.5. The topological polar surface area (TPSA) is 56.5 Å². The Bertz CT molecular complexity index is 375. The van der Waals surface area contributed by atoms with Crippen molar-refractivity contribution in [1.29, 1.82) is 0 Å². The second-order valence-corrected chi connectivity index (χ2v) is 5.29. The third-order valence-corrected chi connectivity index (χ3v) is 3.85. The molecule has 0 amide bonds. The van der Waals surface area contributed by atoms with Crippen LogP contribution in [-0.2, 0) is 4.74 Å². The minimum Gasteiger partial charge on any atom is -0.494 e. The van der Waals surface area contributed by atoms with Crippen molar-refractivity contribution < 1.29 is 9.47 Å². The predicted molar refractivity (Wildman–Crippen MR) is 80.5 cm³/mol. The van der Waals surface area contributed by atoms with E-state index in [0.29, 0.717) is 12.7 Å². The van der Waals surface area contributed by atoms with Crippen LogP contribution in [0.2, 0.25) is 0 Å². The Balaban J connectivity index is 1.86. The fourth-order valence-corrected chi connectivity index (χ4v) is 2.70. The van der Waals surface area contributed by atoms with Crippen LogP contribution in [0.3, 0.4) is 0 Å². The van der Waals surface area contributed by atoms with Crippen LogP contribution in [-0.4, -0.2) is 19.3 Å². The quantitative estimate of drug-likeness (QED) is 0.595. The predicted octanol–water partition coefficient (Wildman–Crippen LogP) is 2.94. The minimum absolute atomic E-state index is 0.177. The monoisotopic (exact) mass is 278 g/mol. The molecule has 1 aliphatic rings. The summed E-state index contributed by atoms with van der Waals surface area (Å²) in [6.07, 6.45) is 6.13. The summed E-state index contributed by atoms with van der Waals surface area (Å²) in [6.45, 7) is 3.59. The molecule has 3 N–H and O–H groups in total. The molecule has 2 unspecified atom stereocenters. The Morgan fingerprint density at radius 2 is 2.15 bits per heavy atom. The summed E-state index contributed by atoms with van der Waals surface area (Å²) in [5.74, 6) is 6.60. The smallest absolute Gasteiger partial charge is 0.119 e. The Hall–Kier alpha value is -1.10. The average Bonchev–Trinajstić information content (AvgIpc) is 2.51. The van der Waals surface area contributed by atoms with Gasteiger partial charge in [-0.2, -0.15) is 0 Å². The van der Waals surface area contributed by atoms with Gasteiger partial charge < -0.3 is 9.47 Å². The minimum atomic E-state index is 0.177. The normalized spacial score (nSPS) is 20.6. The van der Waals surface area contributed by atoms with Crippen molar-refractivity contribution in [1.82, 2.24) is 5.43 Å². The van der Waals surface area contributed by atoms with Gasteiger partial charge in [-0.25, -0.2) is 0 Å². The molecule has 0 aliphatic carbocycles. The summed E-state index contributed by atoms with van der Waals surface area (Å²) in [4.78, 5) is 0. The molecule has 0 radical (unpaired) electrons. The van der Waals surface area contributed by atoms with Crippen LogP contribution in [0, 0.1) is 0 Å². The molecule has 1 aliphatic heterocycles. The number of hydrazine groups is 1. The zero-order valence-corrected chi connectivity index (χ0v) is 12.3. The summed E-state index contributed by atoms with van der Waals surface area (Å²) in [7, 11) is 0. The van der Waals surface area contributed by atoms with E-state index < -0.39 is 0 Å². The number of hydrogen-bond acceptors (Lipinski definition) is 4. The van der Waals surface area contributed by atoms with E-state index in [0.717, 1.165) is 25.2 Å². The van der Waals surface area contributed by atoms with Crippen molar-refractivity contribution >= 4 is 0 Å². The molecule has 0 saturated carbocycles. The van der Waals surface area contributed by atoms with Crippen LogP contribution in [0.5, 0.6) is 5.75 Å². The molecule has 2 rings (SSSR count). The lowest BCUT2D eigenvalue weighted by atomic mass is 9.97. The van der Waals surface area contributed by atoms with Crippen molar-refractivity contribution in [3.8, 4) is 5.75 Å². The van der Waals surface area contributed by atoms with Gasteiger partial charge in [0.15, 0.2) is 0 Å². The van der Waals surface area contributed by atoms with Crippen molar-refractivity contribution in [2.45, 2.75) is 51.2 Å². The third-order valence-electron chi connectivity index (χ3n) is 3.85. The SMILES string of the molecule is CCOc1ccc(C(CCC2CCCCO2)NN)cc1. The second kappa shape index (κ2) is 8.25. The largest absolute Gasteiger partial charge is 0.494 e. The van der Waals surface area contributed by atoms with Gasteiger partial charge in [0.25, 0.3) is 0 Å². The van der Waals surface area contributed by atoms with Crippen LogP contribution >= 0.6 is 0 Å². The van der Waals surface area contributed by atoms with Crippen molar-refractivity contribution in [3.05, 3.63) is 29.8 Å². The molecule has 1 aromatic carbocycles. The Kier molecular flexibility index (Phi) is 6.30. The van der Waals surface area contributed by atoms with Gasteiger partial charge in [-0.05, 0) is 56.7 Å². The van der Waals surface area contributed by atoms with Gasteiger partial charge >= 0.3 is 0 Å². The molecular formula is C16H26N2O2. The molecule has 1 heterocycles. The van der Waals surface area contributed by atoms with Gasteiger partial charge in [0.05, 0.1) is 12.7 Å². The zero-order valence-electron chi connectivity index (χ0n) is 12.3. The molecule has 4 heteroatoms. The van der Waals surface area contributed by atoms with E-state index in [2.05, 4.69) is 17.6 Å². The molecule has 0 spiro atoms. The molecule has 1 saturated heterocycles. The highest BCUT2D eigenvalue weighted by molar-refractivity contribution is 5.29. The molecule has 112 valence electrons. The van der Waals surface area contributed by atoms with Gasteiger partial charge in [-0.15, -0.1) is 0 Å². The molecule has 4 nitrogen and oxygen atoms in total. The van der Waals surface area contributed by atoms with Gasteiger partial charge in [-0.3, -0.25) is 11.3 Å². The van der Waals surface area contributed by atoms with E-state index >= 15 is 0 Å². The Morgan fingerprint density at radius 1 is 1.35 bits per heavy atom. The second-order valence-electron chi connectivity index (χ2n) is 5.29. The van der Waals surface area contributed by atoms with Crippen LogP contribution in [0.25, 0.3) is 0 Å². The highest BCUT2D eigenvalue weighted by Crippen LogP contribution is 2.24. The Morgan fingerprint density at radius 3 is 2.75 bits per heavy atom. The third kappa shape index (κ3) is 4.47. The molecule has 1 aromatic rings. The lowest BCUT2D eigenvalue weighted by molar-refractivity contribution is 0.00854. The van der Waals surface area contributed by atoms with Crippen LogP contribution in [0.15, 0.2) is 24.3 Å². The van der Waals surface area contributed by atoms with Gasteiger partial charge in [0.2, 0.25) is 0 Å². The molecule has 1 fully saturated rings. The maximum Gasteiger partial charge on any atom is 0.119 e.